The molecule has 3 rings (SSSR count). The lowest BCUT2D eigenvalue weighted by Gasteiger charge is -2.32. The highest BCUT2D eigenvalue weighted by Crippen LogP contribution is 2.38. The quantitative estimate of drug-likeness (QED) is 0.926. The van der Waals surface area contributed by atoms with Crippen molar-refractivity contribution in [1.29, 1.82) is 0 Å². The van der Waals surface area contributed by atoms with Gasteiger partial charge in [0.15, 0.2) is 0 Å². The summed E-state index contributed by atoms with van der Waals surface area (Å²) in [4.78, 5) is 0. The van der Waals surface area contributed by atoms with E-state index in [9.17, 15) is 0 Å². The van der Waals surface area contributed by atoms with Crippen molar-refractivity contribution in [3.8, 4) is 5.75 Å². The van der Waals surface area contributed by atoms with Crippen LogP contribution in [0, 0.1) is 0 Å². The Balaban J connectivity index is 1.94. The van der Waals surface area contributed by atoms with Crippen LogP contribution in [0.5, 0.6) is 5.75 Å². The van der Waals surface area contributed by atoms with Gasteiger partial charge in [-0.2, -0.15) is 0 Å². The first-order chi connectivity index (χ1) is 9.79. The highest BCUT2D eigenvalue weighted by atomic mass is 35.5. The van der Waals surface area contributed by atoms with Crippen LogP contribution in [0.4, 0.5) is 0 Å². The Labute approximate surface area is 124 Å². The number of rotatable bonds is 4. The van der Waals surface area contributed by atoms with E-state index in [0.717, 1.165) is 35.9 Å². The molecule has 0 spiro atoms. The third kappa shape index (κ3) is 2.79. The van der Waals surface area contributed by atoms with Crippen LogP contribution in [0.15, 0.2) is 12.1 Å². The summed E-state index contributed by atoms with van der Waals surface area (Å²) < 4.78 is 17.2. The molecule has 1 aromatic rings. The van der Waals surface area contributed by atoms with Gasteiger partial charge in [0.05, 0.1) is 32.5 Å². The molecule has 20 heavy (non-hydrogen) atoms. The molecule has 0 bridgehead atoms. The van der Waals surface area contributed by atoms with Gasteiger partial charge in [-0.05, 0) is 24.2 Å². The topological polar surface area (TPSA) is 39.7 Å². The molecule has 2 unspecified atom stereocenters. The molecule has 4 nitrogen and oxygen atoms in total. The zero-order valence-electron chi connectivity index (χ0n) is 11.7. The molecule has 1 aromatic carbocycles. The van der Waals surface area contributed by atoms with Crippen LogP contribution in [0.1, 0.15) is 24.1 Å². The number of halogens is 1. The molecule has 0 aliphatic carbocycles. The zero-order valence-corrected chi connectivity index (χ0v) is 12.4. The van der Waals surface area contributed by atoms with Gasteiger partial charge >= 0.3 is 0 Å². The average molecular weight is 298 g/mol. The zero-order chi connectivity index (χ0) is 13.9. The number of likely N-dealkylation sites (N-methyl/N-ethyl adjacent to an activating group) is 1. The fourth-order valence-corrected chi connectivity index (χ4v) is 3.14. The molecule has 1 N–H and O–H groups in total. The summed E-state index contributed by atoms with van der Waals surface area (Å²) >= 11 is 6.26. The van der Waals surface area contributed by atoms with E-state index >= 15 is 0 Å². The summed E-state index contributed by atoms with van der Waals surface area (Å²) in [5.74, 6) is 0.967. The molecular formula is C15H20ClNO3. The fourth-order valence-electron chi connectivity index (χ4n) is 2.89. The van der Waals surface area contributed by atoms with Crippen molar-refractivity contribution in [2.75, 3.05) is 33.0 Å². The number of fused-ring (bicyclic) bond motifs is 1. The molecule has 2 aliphatic heterocycles. The minimum Gasteiger partial charge on any atom is -0.493 e. The van der Waals surface area contributed by atoms with Crippen LogP contribution in [-0.4, -0.2) is 39.1 Å². The summed E-state index contributed by atoms with van der Waals surface area (Å²) in [5.41, 5.74) is 2.27. The first kappa shape index (κ1) is 14.1. The van der Waals surface area contributed by atoms with Crippen molar-refractivity contribution in [2.45, 2.75) is 25.5 Å². The fraction of sp³-hybridized carbons (Fsp3) is 0.600. The predicted molar refractivity (Wildman–Crippen MR) is 77.6 cm³/mol. The Morgan fingerprint density at radius 3 is 3.00 bits per heavy atom. The van der Waals surface area contributed by atoms with E-state index in [1.807, 2.05) is 12.1 Å². The normalized spacial score (nSPS) is 23.2. The third-order valence-electron chi connectivity index (χ3n) is 3.75. The largest absolute Gasteiger partial charge is 0.493 e. The van der Waals surface area contributed by atoms with Gasteiger partial charge in [-0.25, -0.2) is 0 Å². The molecule has 2 atom stereocenters. The molecule has 0 amide bonds. The summed E-state index contributed by atoms with van der Waals surface area (Å²) in [6, 6.07) is 4.02. The maximum absolute atomic E-state index is 6.26. The van der Waals surface area contributed by atoms with Gasteiger partial charge in [0.2, 0.25) is 0 Å². The molecule has 2 aliphatic rings. The van der Waals surface area contributed by atoms with Gasteiger partial charge < -0.3 is 19.5 Å². The van der Waals surface area contributed by atoms with Gasteiger partial charge in [-0.1, -0.05) is 18.5 Å². The molecule has 2 heterocycles. The van der Waals surface area contributed by atoms with Gasteiger partial charge in [0.25, 0.3) is 0 Å². The van der Waals surface area contributed by atoms with Crippen molar-refractivity contribution in [3.05, 3.63) is 28.3 Å². The van der Waals surface area contributed by atoms with Crippen LogP contribution in [-0.2, 0) is 15.9 Å². The van der Waals surface area contributed by atoms with E-state index in [1.165, 1.54) is 5.56 Å². The SMILES string of the molecule is CCNC(c1cc(Cl)cc2c1OCC2)C1COCCO1. The Kier molecular flexibility index (Phi) is 4.46. The number of nitrogens with one attached hydrogen (secondary N) is 1. The van der Waals surface area contributed by atoms with Gasteiger partial charge in [0.1, 0.15) is 11.9 Å². The van der Waals surface area contributed by atoms with Crippen LogP contribution < -0.4 is 10.1 Å². The summed E-state index contributed by atoms with van der Waals surface area (Å²) in [6.45, 7) is 5.56. The van der Waals surface area contributed by atoms with Crippen molar-refractivity contribution in [1.82, 2.24) is 5.32 Å². The van der Waals surface area contributed by atoms with Crippen molar-refractivity contribution in [2.24, 2.45) is 0 Å². The lowest BCUT2D eigenvalue weighted by atomic mass is 9.97. The lowest BCUT2D eigenvalue weighted by molar-refractivity contribution is -0.102. The van der Waals surface area contributed by atoms with Crippen LogP contribution in [0.25, 0.3) is 0 Å². The average Bonchev–Trinajstić information content (AvgIpc) is 2.93. The van der Waals surface area contributed by atoms with Gasteiger partial charge in [0, 0.05) is 17.0 Å². The van der Waals surface area contributed by atoms with Crippen molar-refractivity contribution < 1.29 is 14.2 Å². The number of benzene rings is 1. The van der Waals surface area contributed by atoms with Crippen LogP contribution in [0.2, 0.25) is 5.02 Å². The monoisotopic (exact) mass is 297 g/mol. The summed E-state index contributed by atoms with van der Waals surface area (Å²) in [5, 5.41) is 4.24. The first-order valence-electron chi connectivity index (χ1n) is 7.17. The summed E-state index contributed by atoms with van der Waals surface area (Å²) in [6.07, 6.45) is 0.916. The molecule has 5 heteroatoms. The second-order valence-corrected chi connectivity index (χ2v) is 5.54. The molecule has 0 radical (unpaired) electrons. The molecular weight excluding hydrogens is 278 g/mol. The van der Waals surface area contributed by atoms with E-state index in [2.05, 4.69) is 12.2 Å². The Bertz CT molecular complexity index is 474. The summed E-state index contributed by atoms with van der Waals surface area (Å²) in [7, 11) is 0. The predicted octanol–water partition coefficient (Wildman–Crippen LogP) is 2.34. The minimum absolute atomic E-state index is 0.00420. The molecule has 1 saturated heterocycles. The van der Waals surface area contributed by atoms with E-state index in [4.69, 9.17) is 25.8 Å². The second kappa shape index (κ2) is 6.31. The highest BCUT2D eigenvalue weighted by molar-refractivity contribution is 6.30. The van der Waals surface area contributed by atoms with Crippen molar-refractivity contribution >= 4 is 11.6 Å². The maximum Gasteiger partial charge on any atom is 0.127 e. The van der Waals surface area contributed by atoms with Crippen molar-refractivity contribution in [3.63, 3.8) is 0 Å². The van der Waals surface area contributed by atoms with Crippen LogP contribution >= 0.6 is 11.6 Å². The van der Waals surface area contributed by atoms with Gasteiger partial charge in [-0.3, -0.25) is 0 Å². The van der Waals surface area contributed by atoms with E-state index in [-0.39, 0.29) is 12.1 Å². The molecule has 110 valence electrons. The van der Waals surface area contributed by atoms with Crippen LogP contribution in [0.3, 0.4) is 0 Å². The third-order valence-corrected chi connectivity index (χ3v) is 3.97. The standard InChI is InChI=1S/C15H20ClNO3/c1-2-17-14(13-9-18-5-6-19-13)12-8-11(16)7-10-3-4-20-15(10)12/h7-8,13-14,17H,2-6,9H2,1H3. The van der Waals surface area contributed by atoms with E-state index in [0.29, 0.717) is 19.8 Å². The molecule has 1 fully saturated rings. The number of hydrogen-bond donors (Lipinski definition) is 1. The van der Waals surface area contributed by atoms with E-state index in [1.54, 1.807) is 0 Å². The van der Waals surface area contributed by atoms with E-state index < -0.39 is 0 Å². The Morgan fingerprint density at radius 2 is 2.25 bits per heavy atom. The Hall–Kier alpha value is -0.810. The Morgan fingerprint density at radius 1 is 1.35 bits per heavy atom. The second-order valence-electron chi connectivity index (χ2n) is 5.10. The lowest BCUT2D eigenvalue weighted by Crippen LogP contribution is -2.40. The molecule has 0 aromatic heterocycles. The minimum atomic E-state index is -0.00420. The maximum atomic E-state index is 6.26. The first-order valence-corrected chi connectivity index (χ1v) is 7.55. The smallest absolute Gasteiger partial charge is 0.127 e. The van der Waals surface area contributed by atoms with Gasteiger partial charge in [-0.15, -0.1) is 0 Å². The number of hydrogen-bond acceptors (Lipinski definition) is 4. The number of ether oxygens (including phenoxy) is 3. The highest BCUT2D eigenvalue weighted by Gasteiger charge is 2.31. The molecule has 0 saturated carbocycles.